The van der Waals surface area contributed by atoms with Crippen molar-refractivity contribution in [2.75, 3.05) is 19.6 Å². The Hall–Kier alpha value is -1.01. The molecule has 2 heterocycles. The van der Waals surface area contributed by atoms with Crippen molar-refractivity contribution in [1.29, 1.82) is 0 Å². The Morgan fingerprint density at radius 3 is 3.05 bits per heavy atom. The molecule has 1 aliphatic heterocycles. The fraction of sp³-hybridized carbons (Fsp3) is 0.400. The minimum Gasteiger partial charge on any atom is -0.314 e. The Bertz CT molecular complexity index is 590. The molecule has 1 aliphatic rings. The highest BCUT2D eigenvalue weighted by molar-refractivity contribution is 7.09. The number of nitrogens with one attached hydrogen (secondary N) is 1. The zero-order valence-electron chi connectivity index (χ0n) is 11.9. The molecular weight excluding hydrogens is 309 g/mol. The van der Waals surface area contributed by atoms with Gasteiger partial charge in [-0.2, -0.15) is 0 Å². The van der Waals surface area contributed by atoms with E-state index in [1.54, 1.807) is 23.5 Å². The molecular formula is C15H19ClFN3S. The Morgan fingerprint density at radius 2 is 2.33 bits per heavy atom. The van der Waals surface area contributed by atoms with Crippen molar-refractivity contribution in [1.82, 2.24) is 15.2 Å². The molecule has 6 heteroatoms. The van der Waals surface area contributed by atoms with Crippen LogP contribution >= 0.6 is 23.7 Å². The number of thiazole rings is 1. The summed E-state index contributed by atoms with van der Waals surface area (Å²) in [7, 11) is 0. The second kappa shape index (κ2) is 7.31. The maximum atomic E-state index is 13.4. The molecule has 2 aromatic rings. The van der Waals surface area contributed by atoms with Gasteiger partial charge in [0.05, 0.1) is 10.7 Å². The third kappa shape index (κ3) is 4.01. The lowest BCUT2D eigenvalue weighted by Gasteiger charge is -2.36. The zero-order valence-corrected chi connectivity index (χ0v) is 13.5. The van der Waals surface area contributed by atoms with Gasteiger partial charge in [-0.1, -0.05) is 12.1 Å². The molecule has 1 unspecified atom stereocenters. The average Bonchev–Trinajstić information content (AvgIpc) is 2.85. The van der Waals surface area contributed by atoms with Gasteiger partial charge in [-0.25, -0.2) is 9.37 Å². The van der Waals surface area contributed by atoms with Crippen molar-refractivity contribution >= 4 is 23.7 Å². The summed E-state index contributed by atoms with van der Waals surface area (Å²) in [5.74, 6) is -0.169. The Morgan fingerprint density at radius 1 is 1.48 bits per heavy atom. The van der Waals surface area contributed by atoms with Crippen LogP contribution in [0.2, 0.25) is 0 Å². The first-order valence-corrected chi connectivity index (χ1v) is 7.71. The van der Waals surface area contributed by atoms with Crippen molar-refractivity contribution in [2.24, 2.45) is 0 Å². The van der Waals surface area contributed by atoms with E-state index in [9.17, 15) is 4.39 Å². The predicted molar refractivity (Wildman–Crippen MR) is 86.5 cm³/mol. The van der Waals surface area contributed by atoms with E-state index in [1.807, 2.05) is 13.0 Å². The lowest BCUT2D eigenvalue weighted by atomic mass is 10.0. The van der Waals surface area contributed by atoms with Crippen LogP contribution < -0.4 is 5.32 Å². The van der Waals surface area contributed by atoms with Crippen LogP contribution in [-0.2, 0) is 6.54 Å². The van der Waals surface area contributed by atoms with Gasteiger partial charge in [-0.15, -0.1) is 23.7 Å². The summed E-state index contributed by atoms with van der Waals surface area (Å²) in [4.78, 5) is 6.91. The number of nitrogens with zero attached hydrogens (tertiary/aromatic N) is 2. The predicted octanol–water partition coefficient (Wildman–Crippen LogP) is 3.16. The summed E-state index contributed by atoms with van der Waals surface area (Å²) in [5, 5.41) is 6.60. The molecule has 114 valence electrons. The molecule has 1 aromatic carbocycles. The van der Waals surface area contributed by atoms with Gasteiger partial charge < -0.3 is 5.32 Å². The van der Waals surface area contributed by atoms with E-state index < -0.39 is 0 Å². The van der Waals surface area contributed by atoms with Crippen LogP contribution in [0.1, 0.15) is 22.3 Å². The smallest absolute Gasteiger partial charge is 0.123 e. The standard InChI is InChI=1S/C15H18FN3S.ClH/c1-11-18-14(10-20-11)9-19-6-5-17-8-15(19)12-3-2-4-13(16)7-12;/h2-4,7,10,15,17H,5-6,8-9H2,1H3;1H. The number of hydrogen-bond donors (Lipinski definition) is 1. The lowest BCUT2D eigenvalue weighted by Crippen LogP contribution is -2.45. The maximum absolute atomic E-state index is 13.4. The van der Waals surface area contributed by atoms with E-state index in [0.717, 1.165) is 42.4 Å². The van der Waals surface area contributed by atoms with Crippen molar-refractivity contribution in [2.45, 2.75) is 19.5 Å². The summed E-state index contributed by atoms with van der Waals surface area (Å²) in [6.07, 6.45) is 0. The summed E-state index contributed by atoms with van der Waals surface area (Å²) in [6, 6.07) is 7.12. The van der Waals surface area contributed by atoms with Crippen LogP contribution in [0.3, 0.4) is 0 Å². The van der Waals surface area contributed by atoms with Crippen LogP contribution in [0.5, 0.6) is 0 Å². The number of piperazine rings is 1. The summed E-state index contributed by atoms with van der Waals surface area (Å²) in [6.45, 7) is 5.63. The third-order valence-corrected chi connectivity index (χ3v) is 4.44. The lowest BCUT2D eigenvalue weighted by molar-refractivity contribution is 0.152. The second-order valence-electron chi connectivity index (χ2n) is 5.10. The van der Waals surface area contributed by atoms with Gasteiger partial charge in [0, 0.05) is 37.6 Å². The minimum absolute atomic E-state index is 0. The number of benzene rings is 1. The van der Waals surface area contributed by atoms with Crippen LogP contribution in [0.15, 0.2) is 29.6 Å². The van der Waals surface area contributed by atoms with Gasteiger partial charge in [0.25, 0.3) is 0 Å². The van der Waals surface area contributed by atoms with Gasteiger partial charge in [0.1, 0.15) is 5.82 Å². The van der Waals surface area contributed by atoms with Crippen LogP contribution in [0, 0.1) is 12.7 Å². The number of halogens is 2. The molecule has 0 radical (unpaired) electrons. The molecule has 3 rings (SSSR count). The Balaban J connectivity index is 0.00000161. The fourth-order valence-corrected chi connectivity index (χ4v) is 3.27. The van der Waals surface area contributed by atoms with Crippen molar-refractivity contribution < 1.29 is 4.39 Å². The van der Waals surface area contributed by atoms with Crippen molar-refractivity contribution in [3.8, 4) is 0 Å². The summed E-state index contributed by atoms with van der Waals surface area (Å²) in [5.41, 5.74) is 2.14. The normalized spacial score (nSPS) is 19.2. The van der Waals surface area contributed by atoms with Crippen LogP contribution in [0.25, 0.3) is 0 Å². The first kappa shape index (κ1) is 16.4. The van der Waals surface area contributed by atoms with E-state index in [-0.39, 0.29) is 24.3 Å². The number of aromatic nitrogens is 1. The molecule has 0 aliphatic carbocycles. The monoisotopic (exact) mass is 327 g/mol. The van der Waals surface area contributed by atoms with Crippen molar-refractivity contribution in [3.63, 3.8) is 0 Å². The van der Waals surface area contributed by atoms with Gasteiger partial charge >= 0.3 is 0 Å². The molecule has 1 fully saturated rings. The molecule has 1 aromatic heterocycles. The molecule has 0 spiro atoms. The van der Waals surface area contributed by atoms with E-state index in [2.05, 4.69) is 20.6 Å². The van der Waals surface area contributed by atoms with Gasteiger partial charge in [0.15, 0.2) is 0 Å². The largest absolute Gasteiger partial charge is 0.314 e. The van der Waals surface area contributed by atoms with Crippen molar-refractivity contribution in [3.05, 3.63) is 51.7 Å². The highest BCUT2D eigenvalue weighted by Crippen LogP contribution is 2.25. The second-order valence-corrected chi connectivity index (χ2v) is 6.17. The Labute approximate surface area is 134 Å². The molecule has 3 nitrogen and oxygen atoms in total. The van der Waals surface area contributed by atoms with E-state index in [4.69, 9.17) is 0 Å². The molecule has 21 heavy (non-hydrogen) atoms. The topological polar surface area (TPSA) is 28.2 Å². The average molecular weight is 328 g/mol. The molecule has 1 saturated heterocycles. The molecule has 1 atom stereocenters. The SMILES string of the molecule is Cc1nc(CN2CCNCC2c2cccc(F)c2)cs1.Cl. The van der Waals surface area contributed by atoms with E-state index in [0.29, 0.717) is 0 Å². The first-order chi connectivity index (χ1) is 9.72. The molecule has 1 N–H and O–H groups in total. The fourth-order valence-electron chi connectivity index (χ4n) is 2.67. The highest BCUT2D eigenvalue weighted by Gasteiger charge is 2.24. The Kier molecular flexibility index (Phi) is 5.70. The minimum atomic E-state index is -0.169. The van der Waals surface area contributed by atoms with Gasteiger partial charge in [-0.05, 0) is 24.6 Å². The van der Waals surface area contributed by atoms with E-state index >= 15 is 0 Å². The number of rotatable bonds is 3. The number of hydrogen-bond acceptors (Lipinski definition) is 4. The number of aryl methyl sites for hydroxylation is 1. The first-order valence-electron chi connectivity index (χ1n) is 6.83. The van der Waals surface area contributed by atoms with Gasteiger partial charge in [0.2, 0.25) is 0 Å². The highest BCUT2D eigenvalue weighted by atomic mass is 35.5. The van der Waals surface area contributed by atoms with Crippen LogP contribution in [-0.4, -0.2) is 29.5 Å². The molecule has 0 saturated carbocycles. The summed E-state index contributed by atoms with van der Waals surface area (Å²) >= 11 is 1.68. The van der Waals surface area contributed by atoms with Crippen LogP contribution in [0.4, 0.5) is 4.39 Å². The quantitative estimate of drug-likeness (QED) is 0.938. The van der Waals surface area contributed by atoms with Gasteiger partial charge in [-0.3, -0.25) is 4.90 Å². The zero-order chi connectivity index (χ0) is 13.9. The summed E-state index contributed by atoms with van der Waals surface area (Å²) < 4.78 is 13.4. The van der Waals surface area contributed by atoms with E-state index in [1.165, 1.54) is 6.07 Å². The third-order valence-electron chi connectivity index (χ3n) is 3.62. The molecule has 0 bridgehead atoms. The molecule has 0 amide bonds. The maximum Gasteiger partial charge on any atom is 0.123 e.